The van der Waals surface area contributed by atoms with Gasteiger partial charge in [-0.15, -0.1) is 0 Å². The molecule has 2 aromatic carbocycles. The van der Waals surface area contributed by atoms with Crippen molar-refractivity contribution in [3.63, 3.8) is 0 Å². The SMILES string of the molecule is CC(C)(C)COC(=O)CS(=O)(=O)c1ccc(-c2ccc(CCC(F)(F)C(F)(F)F)cc2)cc1. The van der Waals surface area contributed by atoms with Crippen LogP contribution in [0.2, 0.25) is 0 Å². The topological polar surface area (TPSA) is 60.4 Å². The summed E-state index contributed by atoms with van der Waals surface area (Å²) in [6, 6.07) is 11.7. The average molecular weight is 493 g/mol. The summed E-state index contributed by atoms with van der Waals surface area (Å²) >= 11 is 0. The lowest BCUT2D eigenvalue weighted by atomic mass is 9.99. The second-order valence-corrected chi connectivity index (χ2v) is 10.9. The number of alkyl halides is 5. The molecule has 0 unspecified atom stereocenters. The van der Waals surface area contributed by atoms with E-state index in [9.17, 15) is 35.2 Å². The third kappa shape index (κ3) is 7.80. The van der Waals surface area contributed by atoms with Crippen molar-refractivity contribution >= 4 is 15.8 Å². The number of carbonyl (C=O) groups is 1. The minimum absolute atomic E-state index is 0.0649. The highest BCUT2D eigenvalue weighted by Crippen LogP contribution is 2.38. The predicted octanol–water partition coefficient (Wildman–Crippen LogP) is 5.85. The van der Waals surface area contributed by atoms with E-state index >= 15 is 0 Å². The molecule has 2 aromatic rings. The average Bonchev–Trinajstić information content (AvgIpc) is 2.70. The van der Waals surface area contributed by atoms with E-state index in [1.54, 1.807) is 12.1 Å². The smallest absolute Gasteiger partial charge is 0.453 e. The van der Waals surface area contributed by atoms with Gasteiger partial charge in [0.25, 0.3) is 0 Å². The van der Waals surface area contributed by atoms with Crippen LogP contribution < -0.4 is 0 Å². The number of hydrogen-bond acceptors (Lipinski definition) is 4. The maximum Gasteiger partial charge on any atom is 0.453 e. The summed E-state index contributed by atoms with van der Waals surface area (Å²) in [5, 5.41) is 0. The van der Waals surface area contributed by atoms with Gasteiger partial charge in [0, 0.05) is 6.42 Å². The van der Waals surface area contributed by atoms with Crippen LogP contribution in [0.25, 0.3) is 11.1 Å². The molecule has 0 heterocycles. The number of rotatable bonds is 8. The van der Waals surface area contributed by atoms with Gasteiger partial charge in [-0.05, 0) is 40.7 Å². The third-order valence-electron chi connectivity index (χ3n) is 4.62. The first-order chi connectivity index (χ1) is 15.0. The monoisotopic (exact) mass is 492 g/mol. The van der Waals surface area contributed by atoms with Gasteiger partial charge in [0.2, 0.25) is 0 Å². The van der Waals surface area contributed by atoms with Crippen LogP contribution in [0.15, 0.2) is 53.4 Å². The van der Waals surface area contributed by atoms with Gasteiger partial charge in [0.05, 0.1) is 11.5 Å². The van der Waals surface area contributed by atoms with Gasteiger partial charge in [-0.2, -0.15) is 22.0 Å². The van der Waals surface area contributed by atoms with Crippen molar-refractivity contribution in [2.45, 2.75) is 50.6 Å². The molecule has 0 N–H and O–H groups in total. The summed E-state index contributed by atoms with van der Waals surface area (Å²) in [6.07, 6.45) is -7.38. The lowest BCUT2D eigenvalue weighted by molar-refractivity contribution is -0.284. The number of esters is 1. The van der Waals surface area contributed by atoms with Crippen molar-refractivity contribution in [2.75, 3.05) is 12.4 Å². The number of sulfone groups is 1. The molecule has 0 bridgehead atoms. The molecule has 10 heteroatoms. The van der Waals surface area contributed by atoms with Crippen molar-refractivity contribution < 1.29 is 39.9 Å². The maximum absolute atomic E-state index is 13.1. The van der Waals surface area contributed by atoms with Crippen LogP contribution in [0.5, 0.6) is 0 Å². The van der Waals surface area contributed by atoms with Crippen LogP contribution in [-0.4, -0.2) is 38.8 Å². The van der Waals surface area contributed by atoms with Crippen molar-refractivity contribution in [1.82, 2.24) is 0 Å². The van der Waals surface area contributed by atoms with E-state index in [0.717, 1.165) is 0 Å². The molecule has 0 amide bonds. The Morgan fingerprint density at radius 1 is 0.848 bits per heavy atom. The molecule has 0 saturated heterocycles. The van der Waals surface area contributed by atoms with Gasteiger partial charge in [0.15, 0.2) is 15.6 Å². The standard InChI is InChI=1S/C23H25F5O4S/c1-21(2,3)15-32-20(29)14-33(30,31)19-10-8-18(9-11-19)17-6-4-16(5-7-17)12-13-22(24,25)23(26,27)28/h4-11H,12-15H2,1-3H3. The third-order valence-corrected chi connectivity index (χ3v) is 6.22. The summed E-state index contributed by atoms with van der Waals surface area (Å²) in [5.74, 6) is -6.40. The van der Waals surface area contributed by atoms with Gasteiger partial charge < -0.3 is 4.74 Å². The molecule has 0 saturated carbocycles. The molecule has 0 atom stereocenters. The minimum atomic E-state index is -5.58. The number of aryl methyl sites for hydroxylation is 1. The van der Waals surface area contributed by atoms with E-state index in [1.807, 2.05) is 20.8 Å². The Morgan fingerprint density at radius 2 is 1.33 bits per heavy atom. The highest BCUT2D eigenvalue weighted by molar-refractivity contribution is 7.92. The van der Waals surface area contributed by atoms with Crippen LogP contribution in [0.3, 0.4) is 0 Å². The van der Waals surface area contributed by atoms with E-state index in [0.29, 0.717) is 16.7 Å². The molecule has 0 aliphatic rings. The molecule has 0 fully saturated rings. The quantitative estimate of drug-likeness (QED) is 0.343. The molecular weight excluding hydrogens is 467 g/mol. The Morgan fingerprint density at radius 3 is 1.79 bits per heavy atom. The molecule has 4 nitrogen and oxygen atoms in total. The van der Waals surface area contributed by atoms with Crippen molar-refractivity contribution in [2.24, 2.45) is 5.41 Å². The maximum atomic E-state index is 13.1. The van der Waals surface area contributed by atoms with Crippen molar-refractivity contribution in [3.8, 4) is 11.1 Å². The summed E-state index contributed by atoms with van der Waals surface area (Å²) in [6.45, 7) is 5.62. The first-order valence-electron chi connectivity index (χ1n) is 10.0. The lowest BCUT2D eigenvalue weighted by Gasteiger charge is -2.19. The van der Waals surface area contributed by atoms with Gasteiger partial charge in [-0.1, -0.05) is 57.2 Å². The number of benzene rings is 2. The zero-order valence-corrected chi connectivity index (χ0v) is 19.2. The van der Waals surface area contributed by atoms with Crippen LogP contribution in [-0.2, 0) is 25.8 Å². The second kappa shape index (κ2) is 9.79. The number of halogens is 5. The Balaban J connectivity index is 2.04. The normalized spacial score (nSPS) is 13.1. The fraction of sp³-hybridized carbons (Fsp3) is 0.435. The second-order valence-electron chi connectivity index (χ2n) is 8.90. The minimum Gasteiger partial charge on any atom is -0.464 e. The van der Waals surface area contributed by atoms with Crippen molar-refractivity contribution in [3.05, 3.63) is 54.1 Å². The number of hydrogen-bond donors (Lipinski definition) is 0. The highest BCUT2D eigenvalue weighted by Gasteiger charge is 2.56. The Bertz CT molecular complexity index is 1050. The van der Waals surface area contributed by atoms with Crippen LogP contribution in [0, 0.1) is 5.41 Å². The molecule has 182 valence electrons. The van der Waals surface area contributed by atoms with Crippen LogP contribution in [0.1, 0.15) is 32.8 Å². The Kier molecular flexibility index (Phi) is 7.94. The molecule has 0 aliphatic carbocycles. The summed E-state index contributed by atoms with van der Waals surface area (Å²) in [4.78, 5) is 11.8. The highest BCUT2D eigenvalue weighted by atomic mass is 32.2. The first-order valence-corrected chi connectivity index (χ1v) is 11.7. The van der Waals surface area contributed by atoms with E-state index < -0.39 is 46.5 Å². The molecule has 0 aromatic heterocycles. The zero-order valence-electron chi connectivity index (χ0n) is 18.4. The lowest BCUT2D eigenvalue weighted by Crippen LogP contribution is -2.36. The number of carbonyl (C=O) groups excluding carboxylic acids is 1. The number of ether oxygens (including phenoxy) is 1. The van der Waals surface area contributed by atoms with E-state index in [1.165, 1.54) is 36.4 Å². The summed E-state index contributed by atoms with van der Waals surface area (Å²) in [7, 11) is -3.90. The summed E-state index contributed by atoms with van der Waals surface area (Å²) < 4.78 is 92.8. The molecule has 0 aliphatic heterocycles. The van der Waals surface area contributed by atoms with Gasteiger partial charge in [-0.3, -0.25) is 4.79 Å². The largest absolute Gasteiger partial charge is 0.464 e. The predicted molar refractivity (Wildman–Crippen MR) is 114 cm³/mol. The fourth-order valence-corrected chi connectivity index (χ4v) is 3.85. The van der Waals surface area contributed by atoms with Gasteiger partial charge in [-0.25, -0.2) is 8.42 Å². The fourth-order valence-electron chi connectivity index (χ4n) is 2.74. The first kappa shape index (κ1) is 26.8. The summed E-state index contributed by atoms with van der Waals surface area (Å²) in [5.41, 5.74) is 1.25. The van der Waals surface area contributed by atoms with Crippen molar-refractivity contribution in [1.29, 1.82) is 0 Å². The van der Waals surface area contributed by atoms with Crippen LogP contribution in [0.4, 0.5) is 22.0 Å². The molecule has 33 heavy (non-hydrogen) atoms. The van der Waals surface area contributed by atoms with Gasteiger partial charge >= 0.3 is 18.1 Å². The Labute approximate surface area is 189 Å². The molecular formula is C23H25F5O4S. The van der Waals surface area contributed by atoms with Gasteiger partial charge in [0.1, 0.15) is 0 Å². The molecule has 2 rings (SSSR count). The van der Waals surface area contributed by atoms with E-state index in [-0.39, 0.29) is 16.9 Å². The zero-order chi connectivity index (χ0) is 25.1. The van der Waals surface area contributed by atoms with Crippen LogP contribution >= 0.6 is 0 Å². The Hall–Kier alpha value is -2.49. The molecule has 0 radical (unpaired) electrons. The van der Waals surface area contributed by atoms with E-state index in [4.69, 9.17) is 4.74 Å². The molecule has 0 spiro atoms. The van der Waals surface area contributed by atoms with E-state index in [2.05, 4.69) is 0 Å².